The molecule has 184 valence electrons. The van der Waals surface area contributed by atoms with Crippen molar-refractivity contribution in [2.75, 3.05) is 13.1 Å². The van der Waals surface area contributed by atoms with Gasteiger partial charge >= 0.3 is 0 Å². The lowest BCUT2D eigenvalue weighted by atomic mass is 10.0. The predicted octanol–water partition coefficient (Wildman–Crippen LogP) is 1.75. The van der Waals surface area contributed by atoms with E-state index >= 15 is 0 Å². The first-order valence-electron chi connectivity index (χ1n) is 11.0. The second-order valence-corrected chi connectivity index (χ2v) is 10.1. The summed E-state index contributed by atoms with van der Waals surface area (Å²) in [5.74, 6) is -1.48. The van der Waals surface area contributed by atoms with Gasteiger partial charge in [0.15, 0.2) is 0 Å². The molecule has 0 unspecified atom stereocenters. The Kier molecular flexibility index (Phi) is 7.01. The number of nitrogens with zero attached hydrogens (tertiary/aromatic N) is 2. The summed E-state index contributed by atoms with van der Waals surface area (Å²) in [6.45, 7) is 3.56. The van der Waals surface area contributed by atoms with Crippen LogP contribution < -0.4 is 14.9 Å². The van der Waals surface area contributed by atoms with Gasteiger partial charge in [-0.1, -0.05) is 18.2 Å². The monoisotopic (exact) mass is 498 g/mol. The standard InChI is InChI=1S/C24H26N4O6S/c1-15-11-17(20-5-3-4-6-22(20)25-15)14-34-18-7-9-19(10-8-18)35(32,33)27-23-13-28(16(2)29)12-21(23)24(30)26-31/h3-11,21,23,27,31H,12-14H2,1-2H3,(H,26,30)/t21-,23+/m0/s1. The first-order valence-corrected chi connectivity index (χ1v) is 12.5. The number of hydrogen-bond acceptors (Lipinski definition) is 7. The third-order valence-electron chi connectivity index (χ3n) is 5.98. The molecule has 2 atom stereocenters. The number of ether oxygens (including phenoxy) is 1. The Hall–Kier alpha value is -3.54. The van der Waals surface area contributed by atoms with Gasteiger partial charge in [0.2, 0.25) is 21.8 Å². The second kappa shape index (κ2) is 9.98. The Morgan fingerprint density at radius 1 is 1.14 bits per heavy atom. The summed E-state index contributed by atoms with van der Waals surface area (Å²) in [6, 6.07) is 14.8. The van der Waals surface area contributed by atoms with Crippen LogP contribution in [-0.4, -0.2) is 54.5 Å². The Morgan fingerprint density at radius 3 is 2.54 bits per heavy atom. The van der Waals surface area contributed by atoms with E-state index in [9.17, 15) is 18.0 Å². The summed E-state index contributed by atoms with van der Waals surface area (Å²) < 4.78 is 34.3. The Balaban J connectivity index is 1.46. The fourth-order valence-corrected chi connectivity index (χ4v) is 5.45. The Bertz CT molecular complexity index is 1360. The number of sulfonamides is 1. The number of aryl methyl sites for hydroxylation is 1. The summed E-state index contributed by atoms with van der Waals surface area (Å²) in [5, 5.41) is 9.98. The first-order chi connectivity index (χ1) is 16.7. The average Bonchev–Trinajstić information content (AvgIpc) is 3.25. The third-order valence-corrected chi connectivity index (χ3v) is 7.48. The van der Waals surface area contributed by atoms with E-state index in [0.717, 1.165) is 22.2 Å². The molecule has 35 heavy (non-hydrogen) atoms. The molecule has 3 aromatic rings. The quantitative estimate of drug-likeness (QED) is 0.333. The van der Waals surface area contributed by atoms with Crippen LogP contribution in [0.5, 0.6) is 5.75 Å². The van der Waals surface area contributed by atoms with Gasteiger partial charge in [-0.2, -0.15) is 0 Å². The van der Waals surface area contributed by atoms with Crippen LogP contribution in [0.25, 0.3) is 10.9 Å². The van der Waals surface area contributed by atoms with Crippen molar-refractivity contribution in [2.45, 2.75) is 31.4 Å². The minimum atomic E-state index is -4.00. The van der Waals surface area contributed by atoms with Crippen molar-refractivity contribution in [3.63, 3.8) is 0 Å². The van der Waals surface area contributed by atoms with E-state index in [2.05, 4.69) is 9.71 Å². The highest BCUT2D eigenvalue weighted by Gasteiger charge is 2.40. The van der Waals surface area contributed by atoms with Gasteiger partial charge in [0.05, 0.1) is 22.4 Å². The predicted molar refractivity (Wildman–Crippen MR) is 127 cm³/mol. The average molecular weight is 499 g/mol. The lowest BCUT2D eigenvalue weighted by molar-refractivity contribution is -0.133. The molecule has 0 spiro atoms. The number of para-hydroxylation sites is 1. The van der Waals surface area contributed by atoms with Crippen molar-refractivity contribution in [3.05, 3.63) is 65.9 Å². The largest absolute Gasteiger partial charge is 0.489 e. The Labute approximate surface area is 202 Å². The normalized spacial score (nSPS) is 18.0. The molecule has 1 aromatic heterocycles. The van der Waals surface area contributed by atoms with Gasteiger partial charge in [0, 0.05) is 36.7 Å². The summed E-state index contributed by atoms with van der Waals surface area (Å²) in [6.07, 6.45) is 0. The van der Waals surface area contributed by atoms with E-state index in [-0.39, 0.29) is 30.5 Å². The molecule has 1 aliphatic heterocycles. The number of hydrogen-bond donors (Lipinski definition) is 3. The van der Waals surface area contributed by atoms with Crippen LogP contribution in [0.3, 0.4) is 0 Å². The number of likely N-dealkylation sites (tertiary alicyclic amines) is 1. The number of rotatable bonds is 7. The number of carbonyl (C=O) groups excluding carboxylic acids is 2. The number of benzene rings is 2. The van der Waals surface area contributed by atoms with Crippen LogP contribution in [0.4, 0.5) is 0 Å². The fourth-order valence-electron chi connectivity index (χ4n) is 4.19. The number of hydroxylamine groups is 1. The van der Waals surface area contributed by atoms with Gasteiger partial charge in [-0.25, -0.2) is 18.6 Å². The maximum atomic E-state index is 12.9. The zero-order valence-electron chi connectivity index (χ0n) is 19.3. The van der Waals surface area contributed by atoms with Crippen molar-refractivity contribution in [1.29, 1.82) is 0 Å². The zero-order chi connectivity index (χ0) is 25.2. The van der Waals surface area contributed by atoms with E-state index in [1.165, 1.54) is 29.4 Å². The minimum Gasteiger partial charge on any atom is -0.489 e. The van der Waals surface area contributed by atoms with E-state index in [1.807, 2.05) is 37.3 Å². The third kappa shape index (κ3) is 5.42. The molecule has 10 nitrogen and oxygen atoms in total. The molecule has 0 saturated carbocycles. The fraction of sp³-hybridized carbons (Fsp3) is 0.292. The molecule has 1 fully saturated rings. The molecule has 3 N–H and O–H groups in total. The van der Waals surface area contributed by atoms with Gasteiger partial charge in [-0.15, -0.1) is 0 Å². The molecule has 2 amide bonds. The van der Waals surface area contributed by atoms with Crippen molar-refractivity contribution in [1.82, 2.24) is 20.1 Å². The summed E-state index contributed by atoms with van der Waals surface area (Å²) in [5.41, 5.74) is 4.26. The summed E-state index contributed by atoms with van der Waals surface area (Å²) in [4.78, 5) is 29.6. The molecular formula is C24H26N4O6S. The van der Waals surface area contributed by atoms with Gasteiger partial charge in [0.25, 0.3) is 0 Å². The zero-order valence-corrected chi connectivity index (χ0v) is 20.1. The number of carbonyl (C=O) groups is 2. The van der Waals surface area contributed by atoms with Gasteiger partial charge in [0.1, 0.15) is 12.4 Å². The second-order valence-electron chi connectivity index (χ2n) is 8.43. The molecule has 1 aliphatic rings. The number of fused-ring (bicyclic) bond motifs is 1. The molecular weight excluding hydrogens is 472 g/mol. The molecule has 0 radical (unpaired) electrons. The maximum Gasteiger partial charge on any atom is 0.249 e. The molecule has 11 heteroatoms. The smallest absolute Gasteiger partial charge is 0.249 e. The number of pyridine rings is 1. The van der Waals surface area contributed by atoms with Crippen LogP contribution in [0.2, 0.25) is 0 Å². The molecule has 2 heterocycles. The first kappa shape index (κ1) is 24.6. The lowest BCUT2D eigenvalue weighted by Gasteiger charge is -2.18. The van der Waals surface area contributed by atoms with Gasteiger partial charge < -0.3 is 9.64 Å². The number of aromatic nitrogens is 1. The summed E-state index contributed by atoms with van der Waals surface area (Å²) in [7, 11) is -4.00. The molecule has 4 rings (SSSR count). The van der Waals surface area contributed by atoms with Gasteiger partial charge in [-0.05, 0) is 43.3 Å². The van der Waals surface area contributed by atoms with Crippen molar-refractivity contribution < 1.29 is 28.0 Å². The van der Waals surface area contributed by atoms with Crippen LogP contribution in [0.15, 0.2) is 59.5 Å². The SMILES string of the molecule is CC(=O)N1C[C@H](C(=O)NO)[C@H](NS(=O)(=O)c2ccc(OCc3cc(C)nc4ccccc34)cc2)C1. The van der Waals surface area contributed by atoms with Crippen molar-refractivity contribution in [3.8, 4) is 5.75 Å². The van der Waals surface area contributed by atoms with Crippen molar-refractivity contribution in [2.24, 2.45) is 5.92 Å². The van der Waals surface area contributed by atoms with Gasteiger partial charge in [-0.3, -0.25) is 19.8 Å². The minimum absolute atomic E-state index is 0.00482. The van der Waals surface area contributed by atoms with Crippen molar-refractivity contribution >= 4 is 32.7 Å². The van der Waals surface area contributed by atoms with E-state index in [1.54, 1.807) is 12.1 Å². The van der Waals surface area contributed by atoms with Crippen LogP contribution in [0, 0.1) is 12.8 Å². The lowest BCUT2D eigenvalue weighted by Crippen LogP contribution is -2.45. The topological polar surface area (TPSA) is 138 Å². The Morgan fingerprint density at radius 2 is 1.86 bits per heavy atom. The van der Waals surface area contributed by atoms with Crippen LogP contribution in [0.1, 0.15) is 18.2 Å². The molecule has 0 aliphatic carbocycles. The summed E-state index contributed by atoms with van der Waals surface area (Å²) >= 11 is 0. The van der Waals surface area contributed by atoms with E-state index < -0.39 is 27.9 Å². The molecule has 2 aromatic carbocycles. The van der Waals surface area contributed by atoms with Crippen LogP contribution in [-0.2, 0) is 26.2 Å². The van der Waals surface area contributed by atoms with E-state index in [0.29, 0.717) is 5.75 Å². The van der Waals surface area contributed by atoms with Crippen LogP contribution >= 0.6 is 0 Å². The highest BCUT2D eigenvalue weighted by Crippen LogP contribution is 2.23. The van der Waals surface area contributed by atoms with E-state index in [4.69, 9.17) is 9.94 Å². The number of nitrogens with one attached hydrogen (secondary N) is 2. The highest BCUT2D eigenvalue weighted by atomic mass is 32.2. The number of amides is 2. The molecule has 0 bridgehead atoms. The highest BCUT2D eigenvalue weighted by molar-refractivity contribution is 7.89. The maximum absolute atomic E-state index is 12.9. The molecule has 1 saturated heterocycles.